The minimum Gasteiger partial charge on any atom is -0.315 e. The number of rotatable bonds is 4. The molecular weight excluding hydrogens is 296 g/mol. The van der Waals surface area contributed by atoms with Crippen LogP contribution in [-0.2, 0) is 19.4 Å². The quantitative estimate of drug-likeness (QED) is 0.864. The first-order valence-electron chi connectivity index (χ1n) is 9.58. The van der Waals surface area contributed by atoms with Crippen LogP contribution < -0.4 is 0 Å². The SMILES string of the molecule is c1ccc(CCN2CCC(c3nnc4n3CCCCC4)CC2)cc1. The molecule has 2 aromatic rings. The van der Waals surface area contributed by atoms with Crippen LogP contribution in [0.1, 0.15) is 55.2 Å². The number of likely N-dealkylation sites (tertiary alicyclic amines) is 1. The number of aryl methyl sites for hydroxylation is 1. The molecule has 128 valence electrons. The summed E-state index contributed by atoms with van der Waals surface area (Å²) in [5, 5.41) is 9.06. The van der Waals surface area contributed by atoms with Gasteiger partial charge in [-0.2, -0.15) is 0 Å². The highest BCUT2D eigenvalue weighted by Crippen LogP contribution is 2.28. The summed E-state index contributed by atoms with van der Waals surface area (Å²) in [6, 6.07) is 10.8. The fraction of sp³-hybridized carbons (Fsp3) is 0.600. The number of hydrogen-bond donors (Lipinski definition) is 0. The second-order valence-corrected chi connectivity index (χ2v) is 7.29. The van der Waals surface area contributed by atoms with E-state index in [4.69, 9.17) is 0 Å². The maximum Gasteiger partial charge on any atom is 0.136 e. The van der Waals surface area contributed by atoms with Crippen LogP contribution in [0.4, 0.5) is 0 Å². The van der Waals surface area contributed by atoms with Crippen molar-refractivity contribution in [2.24, 2.45) is 0 Å². The zero-order valence-corrected chi connectivity index (χ0v) is 14.5. The van der Waals surface area contributed by atoms with Gasteiger partial charge in [-0.15, -0.1) is 10.2 Å². The third-order valence-electron chi connectivity index (χ3n) is 5.65. The zero-order chi connectivity index (χ0) is 16.2. The van der Waals surface area contributed by atoms with Gasteiger partial charge in [-0.05, 0) is 50.8 Å². The van der Waals surface area contributed by atoms with Gasteiger partial charge in [-0.3, -0.25) is 0 Å². The third kappa shape index (κ3) is 3.54. The average molecular weight is 324 g/mol. The van der Waals surface area contributed by atoms with Crippen molar-refractivity contribution < 1.29 is 0 Å². The molecule has 3 heterocycles. The molecule has 0 unspecified atom stereocenters. The van der Waals surface area contributed by atoms with Crippen LogP contribution in [0.3, 0.4) is 0 Å². The molecule has 1 fully saturated rings. The molecule has 4 nitrogen and oxygen atoms in total. The third-order valence-corrected chi connectivity index (χ3v) is 5.65. The van der Waals surface area contributed by atoms with E-state index < -0.39 is 0 Å². The van der Waals surface area contributed by atoms with Crippen LogP contribution in [0, 0.1) is 0 Å². The fourth-order valence-corrected chi connectivity index (χ4v) is 4.16. The van der Waals surface area contributed by atoms with Crippen molar-refractivity contribution in [1.29, 1.82) is 0 Å². The van der Waals surface area contributed by atoms with Gasteiger partial charge >= 0.3 is 0 Å². The second kappa shape index (κ2) is 7.47. The maximum atomic E-state index is 4.58. The Labute approximate surface area is 144 Å². The van der Waals surface area contributed by atoms with E-state index in [1.54, 1.807) is 0 Å². The first-order chi connectivity index (χ1) is 11.9. The highest BCUT2D eigenvalue weighted by Gasteiger charge is 2.26. The standard InChI is InChI=1S/C20H28N4/c1-3-7-17(8-4-1)10-14-23-15-11-18(12-16-23)20-22-21-19-9-5-2-6-13-24(19)20/h1,3-4,7-8,18H,2,5-6,9-16H2. The molecule has 24 heavy (non-hydrogen) atoms. The molecule has 4 rings (SSSR count). The van der Waals surface area contributed by atoms with Gasteiger partial charge < -0.3 is 9.47 Å². The lowest BCUT2D eigenvalue weighted by atomic mass is 9.95. The molecule has 0 aliphatic carbocycles. The summed E-state index contributed by atoms with van der Waals surface area (Å²) >= 11 is 0. The lowest BCUT2D eigenvalue weighted by molar-refractivity contribution is 0.209. The van der Waals surface area contributed by atoms with E-state index in [2.05, 4.69) is 50.0 Å². The van der Waals surface area contributed by atoms with Crippen LogP contribution in [0.15, 0.2) is 30.3 Å². The molecular formula is C20H28N4. The highest BCUT2D eigenvalue weighted by molar-refractivity contribution is 5.15. The van der Waals surface area contributed by atoms with E-state index in [-0.39, 0.29) is 0 Å². The predicted octanol–water partition coefficient (Wildman–Crippen LogP) is 3.43. The Morgan fingerprint density at radius 3 is 2.58 bits per heavy atom. The summed E-state index contributed by atoms with van der Waals surface area (Å²) in [5.41, 5.74) is 1.45. The fourth-order valence-electron chi connectivity index (χ4n) is 4.16. The summed E-state index contributed by atoms with van der Waals surface area (Å²) in [6.07, 6.45) is 8.62. The summed E-state index contributed by atoms with van der Waals surface area (Å²) in [5.74, 6) is 3.11. The lowest BCUT2D eigenvalue weighted by Crippen LogP contribution is -2.35. The van der Waals surface area contributed by atoms with Crippen molar-refractivity contribution in [3.8, 4) is 0 Å². The number of hydrogen-bond acceptors (Lipinski definition) is 3. The minimum atomic E-state index is 0.609. The van der Waals surface area contributed by atoms with E-state index in [0.29, 0.717) is 5.92 Å². The molecule has 0 saturated carbocycles. The van der Waals surface area contributed by atoms with Crippen molar-refractivity contribution >= 4 is 0 Å². The molecule has 2 aliphatic rings. The summed E-state index contributed by atoms with van der Waals surface area (Å²) < 4.78 is 2.44. The molecule has 0 bridgehead atoms. The summed E-state index contributed by atoms with van der Waals surface area (Å²) in [4.78, 5) is 2.61. The van der Waals surface area contributed by atoms with Gasteiger partial charge in [-0.1, -0.05) is 36.8 Å². The number of piperidine rings is 1. The molecule has 2 aliphatic heterocycles. The van der Waals surface area contributed by atoms with Gasteiger partial charge in [0.1, 0.15) is 11.6 Å². The molecule has 0 N–H and O–H groups in total. The molecule has 0 atom stereocenters. The van der Waals surface area contributed by atoms with Gasteiger partial charge in [0.05, 0.1) is 0 Å². The molecule has 1 aromatic heterocycles. The summed E-state index contributed by atoms with van der Waals surface area (Å²) in [7, 11) is 0. The summed E-state index contributed by atoms with van der Waals surface area (Å²) in [6.45, 7) is 4.69. The van der Waals surface area contributed by atoms with Gasteiger partial charge in [0, 0.05) is 25.4 Å². The van der Waals surface area contributed by atoms with E-state index in [1.807, 2.05) is 0 Å². The maximum absolute atomic E-state index is 4.58. The van der Waals surface area contributed by atoms with Gasteiger partial charge in [0.15, 0.2) is 0 Å². The van der Waals surface area contributed by atoms with Crippen LogP contribution in [-0.4, -0.2) is 39.3 Å². The number of nitrogens with zero attached hydrogens (tertiary/aromatic N) is 4. The van der Waals surface area contributed by atoms with Crippen molar-refractivity contribution in [2.75, 3.05) is 19.6 Å². The Bertz CT molecular complexity index is 641. The molecule has 1 saturated heterocycles. The Kier molecular flexibility index (Phi) is 4.93. The van der Waals surface area contributed by atoms with E-state index in [0.717, 1.165) is 19.4 Å². The van der Waals surface area contributed by atoms with E-state index >= 15 is 0 Å². The van der Waals surface area contributed by atoms with Crippen molar-refractivity contribution in [1.82, 2.24) is 19.7 Å². The van der Waals surface area contributed by atoms with Crippen molar-refractivity contribution in [3.05, 3.63) is 47.5 Å². The minimum absolute atomic E-state index is 0.609. The van der Waals surface area contributed by atoms with E-state index in [1.165, 1.54) is 69.0 Å². The average Bonchev–Trinajstić information content (AvgIpc) is 2.89. The Morgan fingerprint density at radius 1 is 0.917 bits per heavy atom. The monoisotopic (exact) mass is 324 g/mol. The van der Waals surface area contributed by atoms with Crippen molar-refractivity contribution in [2.45, 2.75) is 57.4 Å². The highest BCUT2D eigenvalue weighted by atomic mass is 15.3. The van der Waals surface area contributed by atoms with Crippen LogP contribution >= 0.6 is 0 Å². The van der Waals surface area contributed by atoms with Gasteiger partial charge in [-0.25, -0.2) is 0 Å². The van der Waals surface area contributed by atoms with Crippen molar-refractivity contribution in [3.63, 3.8) is 0 Å². The molecule has 0 spiro atoms. The van der Waals surface area contributed by atoms with Crippen LogP contribution in [0.25, 0.3) is 0 Å². The lowest BCUT2D eigenvalue weighted by Gasteiger charge is -2.31. The molecule has 0 amide bonds. The van der Waals surface area contributed by atoms with Gasteiger partial charge in [0.2, 0.25) is 0 Å². The first-order valence-corrected chi connectivity index (χ1v) is 9.58. The largest absolute Gasteiger partial charge is 0.315 e. The normalized spacial score (nSPS) is 19.8. The number of aromatic nitrogens is 3. The molecule has 1 aromatic carbocycles. The number of benzene rings is 1. The molecule has 0 radical (unpaired) electrons. The Morgan fingerprint density at radius 2 is 1.75 bits per heavy atom. The van der Waals surface area contributed by atoms with Crippen LogP contribution in [0.2, 0.25) is 0 Å². The smallest absolute Gasteiger partial charge is 0.136 e. The van der Waals surface area contributed by atoms with E-state index in [9.17, 15) is 0 Å². The zero-order valence-electron chi connectivity index (χ0n) is 14.5. The van der Waals surface area contributed by atoms with Crippen LogP contribution in [0.5, 0.6) is 0 Å². The molecule has 4 heteroatoms. The second-order valence-electron chi connectivity index (χ2n) is 7.29. The predicted molar refractivity (Wildman–Crippen MR) is 96.1 cm³/mol. The topological polar surface area (TPSA) is 34.0 Å². The first kappa shape index (κ1) is 15.8. The number of fused-ring (bicyclic) bond motifs is 1. The Hall–Kier alpha value is -1.68. The van der Waals surface area contributed by atoms with Gasteiger partial charge in [0.25, 0.3) is 0 Å². The Balaban J connectivity index is 1.32.